The van der Waals surface area contributed by atoms with E-state index in [-0.39, 0.29) is 35.0 Å². The van der Waals surface area contributed by atoms with E-state index in [9.17, 15) is 18.3 Å². The molecular formula is C16H21NO4S. The molecule has 4 atom stereocenters. The molecule has 1 saturated heterocycles. The first-order chi connectivity index (χ1) is 10.4. The number of aliphatic hydroxyl groups is 1. The molecule has 1 heterocycles. The molecule has 2 aliphatic rings. The lowest BCUT2D eigenvalue weighted by Crippen LogP contribution is -2.40. The van der Waals surface area contributed by atoms with Gasteiger partial charge in [0.15, 0.2) is 0 Å². The Balaban J connectivity index is 1.94. The fraction of sp³-hybridized carbons (Fsp3) is 0.562. The van der Waals surface area contributed by atoms with Crippen LogP contribution in [0.3, 0.4) is 0 Å². The number of nitrogens with zero attached hydrogens (tertiary/aromatic N) is 1. The van der Waals surface area contributed by atoms with Crippen molar-refractivity contribution in [3.63, 3.8) is 0 Å². The van der Waals surface area contributed by atoms with E-state index >= 15 is 0 Å². The van der Waals surface area contributed by atoms with E-state index in [4.69, 9.17) is 0 Å². The van der Waals surface area contributed by atoms with Gasteiger partial charge in [-0.15, -0.1) is 0 Å². The maximum atomic E-state index is 12.9. The molecule has 1 aromatic rings. The van der Waals surface area contributed by atoms with Crippen molar-refractivity contribution in [3.8, 4) is 0 Å². The number of aliphatic hydroxyl groups excluding tert-OH is 1. The Morgan fingerprint density at radius 2 is 1.86 bits per heavy atom. The molecule has 0 spiro atoms. The highest BCUT2D eigenvalue weighted by molar-refractivity contribution is 7.89. The highest BCUT2D eigenvalue weighted by Gasteiger charge is 2.53. The van der Waals surface area contributed by atoms with Gasteiger partial charge in [0.05, 0.1) is 17.5 Å². The van der Waals surface area contributed by atoms with Crippen molar-refractivity contribution in [1.82, 2.24) is 4.31 Å². The van der Waals surface area contributed by atoms with E-state index in [0.29, 0.717) is 13.0 Å². The minimum atomic E-state index is -3.64. The normalized spacial score (nSPS) is 32.4. The predicted octanol–water partition coefficient (Wildman–Crippen LogP) is 1.20. The highest BCUT2D eigenvalue weighted by atomic mass is 32.2. The lowest BCUT2D eigenvalue weighted by atomic mass is 9.90. The zero-order chi connectivity index (χ0) is 16.1. The summed E-state index contributed by atoms with van der Waals surface area (Å²) in [6.07, 6.45) is 0.372. The van der Waals surface area contributed by atoms with Crippen molar-refractivity contribution in [2.24, 2.45) is 17.8 Å². The summed E-state index contributed by atoms with van der Waals surface area (Å²) in [5.41, 5.74) is 0.996. The van der Waals surface area contributed by atoms with Gasteiger partial charge in [-0.1, -0.05) is 24.6 Å². The summed E-state index contributed by atoms with van der Waals surface area (Å²) in [7, 11) is -3.64. The van der Waals surface area contributed by atoms with Crippen LogP contribution >= 0.6 is 0 Å². The van der Waals surface area contributed by atoms with Crippen LogP contribution < -0.4 is 0 Å². The monoisotopic (exact) mass is 323 g/mol. The van der Waals surface area contributed by atoms with E-state index < -0.39 is 16.1 Å². The average Bonchev–Trinajstić information content (AvgIpc) is 2.97. The zero-order valence-corrected chi connectivity index (χ0v) is 13.6. The molecule has 2 fully saturated rings. The van der Waals surface area contributed by atoms with Gasteiger partial charge in [0, 0.05) is 18.9 Å². The van der Waals surface area contributed by atoms with E-state index in [0.717, 1.165) is 5.56 Å². The minimum absolute atomic E-state index is 0.0184. The zero-order valence-electron chi connectivity index (χ0n) is 12.8. The molecule has 0 radical (unpaired) electrons. The topological polar surface area (TPSA) is 74.7 Å². The Morgan fingerprint density at radius 3 is 2.45 bits per heavy atom. The van der Waals surface area contributed by atoms with Crippen molar-refractivity contribution in [3.05, 3.63) is 29.8 Å². The summed E-state index contributed by atoms with van der Waals surface area (Å²) in [6.45, 7) is 3.84. The molecular weight excluding hydrogens is 302 g/mol. The van der Waals surface area contributed by atoms with Gasteiger partial charge in [-0.05, 0) is 30.9 Å². The number of hydrogen-bond acceptors (Lipinski definition) is 4. The molecule has 120 valence electrons. The van der Waals surface area contributed by atoms with E-state index in [2.05, 4.69) is 0 Å². The number of aryl methyl sites for hydroxylation is 1. The molecule has 1 aromatic carbocycles. The van der Waals surface area contributed by atoms with Gasteiger partial charge in [-0.25, -0.2) is 8.42 Å². The molecule has 1 saturated carbocycles. The summed E-state index contributed by atoms with van der Waals surface area (Å²) >= 11 is 0. The van der Waals surface area contributed by atoms with Crippen LogP contribution in [-0.2, 0) is 14.8 Å². The first-order valence-corrected chi connectivity index (χ1v) is 9.02. The lowest BCUT2D eigenvalue weighted by Gasteiger charge is -2.25. The van der Waals surface area contributed by atoms with Crippen LogP contribution in [-0.4, -0.2) is 42.8 Å². The molecule has 22 heavy (non-hydrogen) atoms. The smallest absolute Gasteiger partial charge is 0.243 e. The molecule has 0 bridgehead atoms. The molecule has 0 aromatic heterocycles. The minimum Gasteiger partial charge on any atom is -0.395 e. The number of rotatable bonds is 3. The van der Waals surface area contributed by atoms with Crippen LogP contribution in [0, 0.1) is 24.7 Å². The number of carbonyl (C=O) groups is 1. The molecule has 0 unspecified atom stereocenters. The molecule has 1 aliphatic carbocycles. The second-order valence-corrected chi connectivity index (χ2v) is 8.32. The van der Waals surface area contributed by atoms with Gasteiger partial charge in [0.25, 0.3) is 0 Å². The first kappa shape index (κ1) is 15.6. The Labute approximate surface area is 131 Å². The summed E-state index contributed by atoms with van der Waals surface area (Å²) in [4.78, 5) is 12.1. The Hall–Kier alpha value is -1.24. The van der Waals surface area contributed by atoms with Gasteiger partial charge in [-0.2, -0.15) is 4.31 Å². The SMILES string of the molecule is Cc1ccc(S(=O)(=O)N2C[C@H]3[C@H](CC(=O)[C@@H]3C)[C@H]2CO)cc1. The summed E-state index contributed by atoms with van der Waals surface area (Å²) in [5.74, 6) is 0.00991. The number of ketones is 1. The maximum Gasteiger partial charge on any atom is 0.243 e. The number of benzene rings is 1. The Bertz CT molecular complexity index is 683. The van der Waals surface area contributed by atoms with Gasteiger partial charge < -0.3 is 5.11 Å². The van der Waals surface area contributed by atoms with Gasteiger partial charge >= 0.3 is 0 Å². The number of hydrogen-bond donors (Lipinski definition) is 1. The fourth-order valence-corrected chi connectivity index (χ4v) is 5.50. The molecule has 1 N–H and O–H groups in total. The third-order valence-electron chi connectivity index (χ3n) is 5.21. The van der Waals surface area contributed by atoms with Crippen LogP contribution in [0.2, 0.25) is 0 Å². The summed E-state index contributed by atoms with van der Waals surface area (Å²) < 4.78 is 27.1. The van der Waals surface area contributed by atoms with E-state index in [1.165, 1.54) is 4.31 Å². The number of carbonyl (C=O) groups excluding carboxylic acids is 1. The molecule has 1 aliphatic heterocycles. The van der Waals surface area contributed by atoms with Crippen molar-refractivity contribution in [2.45, 2.75) is 31.2 Å². The van der Waals surface area contributed by atoms with Crippen molar-refractivity contribution in [2.75, 3.05) is 13.2 Å². The number of fused-ring (bicyclic) bond motifs is 1. The van der Waals surface area contributed by atoms with Gasteiger partial charge in [0.2, 0.25) is 10.0 Å². The van der Waals surface area contributed by atoms with Gasteiger partial charge in [0.1, 0.15) is 5.78 Å². The van der Waals surface area contributed by atoms with Crippen molar-refractivity contribution >= 4 is 15.8 Å². The van der Waals surface area contributed by atoms with Crippen LogP contribution in [0.1, 0.15) is 18.9 Å². The second kappa shape index (κ2) is 5.44. The third-order valence-corrected chi connectivity index (χ3v) is 7.11. The van der Waals surface area contributed by atoms with E-state index in [1.807, 2.05) is 13.8 Å². The Kier molecular flexibility index (Phi) is 3.87. The highest BCUT2D eigenvalue weighted by Crippen LogP contribution is 2.45. The second-order valence-electron chi connectivity index (χ2n) is 6.42. The largest absolute Gasteiger partial charge is 0.395 e. The standard InChI is InChI=1S/C16H21NO4S/c1-10-3-5-12(6-4-10)22(20,21)17-8-14-11(2)16(19)7-13(14)15(17)9-18/h3-6,11,13-15,18H,7-9H2,1-2H3/t11-,13+,14-,15-/m1/s1. The molecule has 3 rings (SSSR count). The van der Waals surface area contributed by atoms with Crippen LogP contribution in [0.15, 0.2) is 29.2 Å². The fourth-order valence-electron chi connectivity index (χ4n) is 3.80. The molecule has 0 amide bonds. The quantitative estimate of drug-likeness (QED) is 0.907. The lowest BCUT2D eigenvalue weighted by molar-refractivity contribution is -0.121. The number of sulfonamides is 1. The van der Waals surface area contributed by atoms with Crippen LogP contribution in [0.5, 0.6) is 0 Å². The first-order valence-electron chi connectivity index (χ1n) is 7.58. The van der Waals surface area contributed by atoms with E-state index in [1.54, 1.807) is 24.3 Å². The Morgan fingerprint density at radius 1 is 1.23 bits per heavy atom. The van der Waals surface area contributed by atoms with Crippen LogP contribution in [0.25, 0.3) is 0 Å². The summed E-state index contributed by atoms with van der Waals surface area (Å²) in [6, 6.07) is 6.24. The van der Waals surface area contributed by atoms with Crippen molar-refractivity contribution in [1.29, 1.82) is 0 Å². The average molecular weight is 323 g/mol. The van der Waals surface area contributed by atoms with Crippen LogP contribution in [0.4, 0.5) is 0 Å². The number of Topliss-reactive ketones (excluding diaryl/α,β-unsaturated/α-hetero) is 1. The summed E-state index contributed by atoms with van der Waals surface area (Å²) in [5, 5.41) is 9.69. The predicted molar refractivity (Wildman–Crippen MR) is 81.7 cm³/mol. The maximum absolute atomic E-state index is 12.9. The molecule has 5 nitrogen and oxygen atoms in total. The van der Waals surface area contributed by atoms with Gasteiger partial charge in [-0.3, -0.25) is 4.79 Å². The molecule has 6 heteroatoms. The van der Waals surface area contributed by atoms with Crippen molar-refractivity contribution < 1.29 is 18.3 Å². The third kappa shape index (κ3) is 2.30.